The lowest BCUT2D eigenvalue weighted by atomic mass is 10.2. The maximum absolute atomic E-state index is 12.3. The van der Waals surface area contributed by atoms with E-state index in [0.29, 0.717) is 0 Å². The summed E-state index contributed by atoms with van der Waals surface area (Å²) >= 11 is 0. The van der Waals surface area contributed by atoms with Gasteiger partial charge in [0, 0.05) is 6.20 Å². The highest BCUT2D eigenvalue weighted by atomic mass is 19.4. The second-order valence-corrected chi connectivity index (χ2v) is 3.21. The third-order valence-corrected chi connectivity index (χ3v) is 2.09. The van der Waals surface area contributed by atoms with E-state index in [1.54, 1.807) is 0 Å². The normalized spacial score (nSPS) is 12.0. The number of aromatic nitrogens is 4. The highest BCUT2D eigenvalue weighted by molar-refractivity contribution is 5.88. The van der Waals surface area contributed by atoms with E-state index < -0.39 is 18.0 Å². The molecule has 0 fully saturated rings. The molecule has 90 valence electrons. The molecule has 0 saturated heterocycles. The molecule has 2 heterocycles. The van der Waals surface area contributed by atoms with Crippen LogP contribution in [0, 0.1) is 6.92 Å². The number of carboxylic acids is 1. The number of fused-ring (bicyclic) bond motifs is 1. The van der Waals surface area contributed by atoms with E-state index in [-0.39, 0.29) is 17.0 Å². The summed E-state index contributed by atoms with van der Waals surface area (Å²) in [6, 6.07) is 0. The standard InChI is InChI=1S/C8H5F3N4O2/c1-3-4(5(16)17)2-12-7-13-6(8(9,10)11)14-15(3)7/h2H,1H3,(H,16,17). The Balaban J connectivity index is 2.70. The van der Waals surface area contributed by atoms with Gasteiger partial charge in [0.15, 0.2) is 0 Å². The Morgan fingerprint density at radius 3 is 2.65 bits per heavy atom. The molecule has 17 heavy (non-hydrogen) atoms. The molecule has 0 unspecified atom stereocenters. The third kappa shape index (κ3) is 1.79. The average Bonchev–Trinajstić information content (AvgIpc) is 2.61. The summed E-state index contributed by atoms with van der Waals surface area (Å²) in [6.45, 7) is 1.33. The van der Waals surface area contributed by atoms with Crippen LogP contribution in [0.15, 0.2) is 6.20 Å². The van der Waals surface area contributed by atoms with Crippen molar-refractivity contribution in [3.8, 4) is 0 Å². The molecule has 0 aromatic carbocycles. The Hall–Kier alpha value is -2.19. The third-order valence-electron chi connectivity index (χ3n) is 2.09. The highest BCUT2D eigenvalue weighted by Gasteiger charge is 2.36. The van der Waals surface area contributed by atoms with Gasteiger partial charge >= 0.3 is 12.1 Å². The topological polar surface area (TPSA) is 80.4 Å². The lowest BCUT2D eigenvalue weighted by Gasteiger charge is -2.00. The number of aromatic carboxylic acids is 1. The lowest BCUT2D eigenvalue weighted by molar-refractivity contribution is -0.144. The Bertz CT molecular complexity index is 605. The van der Waals surface area contributed by atoms with Crippen LogP contribution in [-0.4, -0.2) is 30.7 Å². The number of alkyl halides is 3. The highest BCUT2D eigenvalue weighted by Crippen LogP contribution is 2.26. The van der Waals surface area contributed by atoms with Crippen molar-refractivity contribution in [1.82, 2.24) is 19.6 Å². The molecule has 9 heteroatoms. The van der Waals surface area contributed by atoms with Crippen molar-refractivity contribution in [2.75, 3.05) is 0 Å². The van der Waals surface area contributed by atoms with Gasteiger partial charge in [0.1, 0.15) is 0 Å². The van der Waals surface area contributed by atoms with Crippen LogP contribution in [0.25, 0.3) is 5.78 Å². The second kappa shape index (κ2) is 3.40. The molecule has 2 rings (SSSR count). The minimum Gasteiger partial charge on any atom is -0.478 e. The Morgan fingerprint density at radius 2 is 2.12 bits per heavy atom. The van der Waals surface area contributed by atoms with E-state index in [1.165, 1.54) is 6.92 Å². The minimum absolute atomic E-state index is 0.0329. The summed E-state index contributed by atoms with van der Waals surface area (Å²) in [4.78, 5) is 17.4. The molecule has 0 aliphatic rings. The first kappa shape index (κ1) is 11.3. The molecule has 0 spiro atoms. The van der Waals surface area contributed by atoms with E-state index >= 15 is 0 Å². The number of rotatable bonds is 1. The predicted molar refractivity (Wildman–Crippen MR) is 47.5 cm³/mol. The maximum atomic E-state index is 12.3. The zero-order valence-corrected chi connectivity index (χ0v) is 8.36. The van der Waals surface area contributed by atoms with Crippen LogP contribution in [0.5, 0.6) is 0 Å². The van der Waals surface area contributed by atoms with Crippen molar-refractivity contribution >= 4 is 11.7 Å². The van der Waals surface area contributed by atoms with Crippen molar-refractivity contribution in [3.05, 3.63) is 23.3 Å². The molecule has 0 amide bonds. The largest absolute Gasteiger partial charge is 0.478 e. The number of aryl methyl sites for hydroxylation is 1. The first-order chi connectivity index (χ1) is 7.80. The molecular formula is C8H5F3N4O2. The van der Waals surface area contributed by atoms with Gasteiger partial charge in [-0.05, 0) is 6.92 Å². The number of nitrogens with zero attached hydrogens (tertiary/aromatic N) is 4. The van der Waals surface area contributed by atoms with Gasteiger partial charge in [-0.3, -0.25) is 0 Å². The van der Waals surface area contributed by atoms with Gasteiger partial charge in [0.2, 0.25) is 0 Å². The number of carboxylic acid groups (broad SMARTS) is 1. The van der Waals surface area contributed by atoms with Crippen molar-refractivity contribution < 1.29 is 23.1 Å². The van der Waals surface area contributed by atoms with Gasteiger partial charge in [0.25, 0.3) is 11.6 Å². The lowest BCUT2D eigenvalue weighted by Crippen LogP contribution is -2.09. The molecule has 0 aliphatic heterocycles. The minimum atomic E-state index is -4.69. The summed E-state index contributed by atoms with van der Waals surface area (Å²) < 4.78 is 37.8. The van der Waals surface area contributed by atoms with E-state index in [9.17, 15) is 18.0 Å². The summed E-state index contributed by atoms with van der Waals surface area (Å²) in [5, 5.41) is 11.9. The number of halogens is 3. The summed E-state index contributed by atoms with van der Waals surface area (Å²) in [6.07, 6.45) is -3.74. The van der Waals surface area contributed by atoms with Crippen LogP contribution in [0.1, 0.15) is 21.9 Å². The first-order valence-electron chi connectivity index (χ1n) is 4.33. The Morgan fingerprint density at radius 1 is 1.47 bits per heavy atom. The number of carbonyl (C=O) groups is 1. The molecule has 1 N–H and O–H groups in total. The molecule has 2 aromatic rings. The molecular weight excluding hydrogens is 241 g/mol. The van der Waals surface area contributed by atoms with E-state index in [2.05, 4.69) is 15.1 Å². The SMILES string of the molecule is Cc1c(C(=O)O)cnc2nc(C(F)(F)F)nn12. The predicted octanol–water partition coefficient (Wildman–Crippen LogP) is 1.15. The Labute approximate surface area is 91.7 Å². The fourth-order valence-corrected chi connectivity index (χ4v) is 1.27. The van der Waals surface area contributed by atoms with Crippen molar-refractivity contribution in [1.29, 1.82) is 0 Å². The van der Waals surface area contributed by atoms with Gasteiger partial charge in [-0.2, -0.15) is 18.2 Å². The summed E-state index contributed by atoms with van der Waals surface area (Å²) in [5.74, 6) is -2.93. The van der Waals surface area contributed by atoms with Crippen LogP contribution in [-0.2, 0) is 6.18 Å². The van der Waals surface area contributed by atoms with Crippen LogP contribution in [0.3, 0.4) is 0 Å². The molecule has 0 radical (unpaired) electrons. The van der Waals surface area contributed by atoms with Gasteiger partial charge in [-0.25, -0.2) is 14.3 Å². The van der Waals surface area contributed by atoms with Gasteiger partial charge < -0.3 is 5.11 Å². The fourth-order valence-electron chi connectivity index (χ4n) is 1.27. The van der Waals surface area contributed by atoms with Gasteiger partial charge in [-0.15, -0.1) is 5.10 Å². The van der Waals surface area contributed by atoms with Crippen LogP contribution >= 0.6 is 0 Å². The molecule has 2 aromatic heterocycles. The van der Waals surface area contributed by atoms with E-state index in [0.717, 1.165) is 10.7 Å². The Kier molecular flexibility index (Phi) is 2.26. The van der Waals surface area contributed by atoms with E-state index in [4.69, 9.17) is 5.11 Å². The zero-order valence-electron chi connectivity index (χ0n) is 8.36. The molecule has 6 nitrogen and oxygen atoms in total. The monoisotopic (exact) mass is 246 g/mol. The fraction of sp³-hybridized carbons (Fsp3) is 0.250. The van der Waals surface area contributed by atoms with Crippen molar-refractivity contribution in [3.63, 3.8) is 0 Å². The van der Waals surface area contributed by atoms with Crippen LogP contribution in [0.4, 0.5) is 13.2 Å². The van der Waals surface area contributed by atoms with Crippen LogP contribution in [0.2, 0.25) is 0 Å². The number of hydrogen-bond acceptors (Lipinski definition) is 4. The van der Waals surface area contributed by atoms with Crippen molar-refractivity contribution in [2.24, 2.45) is 0 Å². The van der Waals surface area contributed by atoms with E-state index in [1.807, 2.05) is 0 Å². The quantitative estimate of drug-likeness (QED) is 0.816. The first-order valence-corrected chi connectivity index (χ1v) is 4.33. The molecule has 0 bridgehead atoms. The van der Waals surface area contributed by atoms with Crippen molar-refractivity contribution in [2.45, 2.75) is 13.1 Å². The summed E-state index contributed by atoms with van der Waals surface area (Å²) in [7, 11) is 0. The molecule has 0 aliphatic carbocycles. The number of hydrogen-bond donors (Lipinski definition) is 1. The van der Waals surface area contributed by atoms with Crippen LogP contribution < -0.4 is 0 Å². The summed E-state index contributed by atoms with van der Waals surface area (Å²) in [5.41, 5.74) is -0.193. The molecule has 0 atom stereocenters. The zero-order chi connectivity index (χ0) is 12.8. The average molecular weight is 246 g/mol. The second-order valence-electron chi connectivity index (χ2n) is 3.21. The molecule has 0 saturated carbocycles. The smallest absolute Gasteiger partial charge is 0.453 e. The van der Waals surface area contributed by atoms with Gasteiger partial charge in [-0.1, -0.05) is 0 Å². The van der Waals surface area contributed by atoms with Gasteiger partial charge in [0.05, 0.1) is 11.3 Å². The maximum Gasteiger partial charge on any atom is 0.453 e.